The molecule has 0 saturated carbocycles. The lowest BCUT2D eigenvalue weighted by molar-refractivity contribution is 0.480. The Morgan fingerprint density at radius 2 is 2.37 bits per heavy atom. The Bertz CT molecular complexity index is 530. The molecule has 6 heteroatoms. The summed E-state index contributed by atoms with van der Waals surface area (Å²) in [5, 5.41) is 18.3. The lowest BCUT2D eigenvalue weighted by Gasteiger charge is -2.25. The van der Waals surface area contributed by atoms with Gasteiger partial charge >= 0.3 is 0 Å². The Hall–Kier alpha value is -1.95. The maximum absolute atomic E-state index is 3.95. The largest absolute Gasteiger partial charge is 0.381 e. The minimum Gasteiger partial charge on any atom is -0.381 e. The molecule has 1 aromatic carbocycles. The molecule has 6 nitrogen and oxygen atoms in total. The van der Waals surface area contributed by atoms with Crippen LogP contribution in [0, 0.1) is 6.92 Å². The van der Waals surface area contributed by atoms with Crippen molar-refractivity contribution >= 4 is 5.69 Å². The maximum Gasteiger partial charge on any atom is 0.143 e. The van der Waals surface area contributed by atoms with E-state index < -0.39 is 0 Å². The molecule has 19 heavy (non-hydrogen) atoms. The van der Waals surface area contributed by atoms with Crippen LogP contribution in [0.4, 0.5) is 5.69 Å². The Morgan fingerprint density at radius 1 is 1.42 bits per heavy atom. The van der Waals surface area contributed by atoms with Gasteiger partial charge in [-0.2, -0.15) is 0 Å². The van der Waals surface area contributed by atoms with Crippen LogP contribution < -0.4 is 10.6 Å². The van der Waals surface area contributed by atoms with Crippen LogP contribution in [-0.4, -0.2) is 39.3 Å². The molecule has 1 fully saturated rings. The highest BCUT2D eigenvalue weighted by Gasteiger charge is 2.13. The average molecular weight is 258 g/mol. The number of nitrogens with one attached hydrogen (secondary N) is 2. The summed E-state index contributed by atoms with van der Waals surface area (Å²) in [5.41, 5.74) is 3.28. The lowest BCUT2D eigenvalue weighted by atomic mass is 10.1. The van der Waals surface area contributed by atoms with Crippen LogP contribution in [0.5, 0.6) is 0 Å². The quantitative estimate of drug-likeness (QED) is 0.864. The Morgan fingerprint density at radius 3 is 3.11 bits per heavy atom. The number of piperidine rings is 1. The van der Waals surface area contributed by atoms with Crippen molar-refractivity contribution < 1.29 is 0 Å². The molecular formula is C13H18N6. The van der Waals surface area contributed by atoms with E-state index in [9.17, 15) is 0 Å². The summed E-state index contributed by atoms with van der Waals surface area (Å²) >= 11 is 0. The van der Waals surface area contributed by atoms with Gasteiger partial charge in [-0.1, -0.05) is 6.07 Å². The van der Waals surface area contributed by atoms with Gasteiger partial charge in [-0.15, -0.1) is 5.10 Å². The van der Waals surface area contributed by atoms with Gasteiger partial charge < -0.3 is 10.6 Å². The van der Waals surface area contributed by atoms with Crippen LogP contribution in [0.25, 0.3) is 5.69 Å². The van der Waals surface area contributed by atoms with Crippen molar-refractivity contribution in [3.8, 4) is 5.69 Å². The summed E-state index contributed by atoms with van der Waals surface area (Å²) in [6, 6.07) is 6.80. The number of rotatable bonds is 3. The van der Waals surface area contributed by atoms with E-state index in [0.717, 1.165) is 30.0 Å². The zero-order chi connectivity index (χ0) is 13.1. The van der Waals surface area contributed by atoms with Crippen LogP contribution in [0.2, 0.25) is 0 Å². The van der Waals surface area contributed by atoms with Gasteiger partial charge in [0, 0.05) is 18.3 Å². The van der Waals surface area contributed by atoms with E-state index in [1.165, 1.54) is 12.8 Å². The first kappa shape index (κ1) is 12.1. The van der Waals surface area contributed by atoms with Crippen molar-refractivity contribution in [1.29, 1.82) is 0 Å². The van der Waals surface area contributed by atoms with Gasteiger partial charge in [0.2, 0.25) is 0 Å². The first-order chi connectivity index (χ1) is 9.33. The van der Waals surface area contributed by atoms with Gasteiger partial charge in [-0.3, -0.25) is 0 Å². The van der Waals surface area contributed by atoms with E-state index in [0.29, 0.717) is 6.04 Å². The molecule has 1 atom stereocenters. The first-order valence-corrected chi connectivity index (χ1v) is 6.64. The molecule has 0 bridgehead atoms. The Kier molecular flexibility index (Phi) is 3.41. The Labute approximate surface area is 112 Å². The normalized spacial score (nSPS) is 19.3. The van der Waals surface area contributed by atoms with E-state index in [1.54, 1.807) is 11.0 Å². The number of hydrogen-bond donors (Lipinski definition) is 2. The Balaban J connectivity index is 1.81. The van der Waals surface area contributed by atoms with Crippen molar-refractivity contribution in [3.63, 3.8) is 0 Å². The molecule has 1 saturated heterocycles. The van der Waals surface area contributed by atoms with Gasteiger partial charge in [0.05, 0.1) is 5.69 Å². The number of anilines is 1. The maximum atomic E-state index is 3.95. The molecule has 1 unspecified atom stereocenters. The second-order valence-corrected chi connectivity index (χ2v) is 4.94. The standard InChI is InChI=1S/C13H18N6/c1-10-4-5-11(16-12-3-2-6-14-8-12)7-13(10)19-9-15-17-18-19/h4-5,7,9,12,14,16H,2-3,6,8H2,1H3. The molecule has 1 aromatic heterocycles. The van der Waals surface area contributed by atoms with Crippen molar-refractivity contribution in [2.45, 2.75) is 25.8 Å². The summed E-state index contributed by atoms with van der Waals surface area (Å²) in [6.07, 6.45) is 4.05. The van der Waals surface area contributed by atoms with Crippen molar-refractivity contribution in [2.24, 2.45) is 0 Å². The van der Waals surface area contributed by atoms with E-state index >= 15 is 0 Å². The average Bonchev–Trinajstić information content (AvgIpc) is 2.96. The molecule has 3 rings (SSSR count). The van der Waals surface area contributed by atoms with Gasteiger partial charge in [-0.05, 0) is 54.4 Å². The molecule has 0 aliphatic carbocycles. The summed E-state index contributed by atoms with van der Waals surface area (Å²) < 4.78 is 1.69. The fourth-order valence-corrected chi connectivity index (χ4v) is 2.43. The third-order valence-electron chi connectivity index (χ3n) is 3.47. The third kappa shape index (κ3) is 2.73. The first-order valence-electron chi connectivity index (χ1n) is 6.64. The monoisotopic (exact) mass is 258 g/mol. The van der Waals surface area contributed by atoms with Crippen molar-refractivity contribution in [3.05, 3.63) is 30.1 Å². The van der Waals surface area contributed by atoms with Crippen LogP contribution in [0.15, 0.2) is 24.5 Å². The predicted octanol–water partition coefficient (Wildman–Crippen LogP) is 1.13. The van der Waals surface area contributed by atoms with E-state index in [-0.39, 0.29) is 0 Å². The molecule has 2 aromatic rings. The second kappa shape index (κ2) is 5.36. The van der Waals surface area contributed by atoms with Gasteiger partial charge in [0.25, 0.3) is 0 Å². The molecule has 100 valence electrons. The summed E-state index contributed by atoms with van der Waals surface area (Å²) in [6.45, 7) is 4.21. The smallest absolute Gasteiger partial charge is 0.143 e. The highest BCUT2D eigenvalue weighted by molar-refractivity contribution is 5.55. The lowest BCUT2D eigenvalue weighted by Crippen LogP contribution is -2.38. The fraction of sp³-hybridized carbons (Fsp3) is 0.462. The molecule has 0 amide bonds. The molecule has 1 aliphatic heterocycles. The molecule has 2 N–H and O–H groups in total. The van der Waals surface area contributed by atoms with Crippen LogP contribution in [0.1, 0.15) is 18.4 Å². The van der Waals surface area contributed by atoms with E-state index in [4.69, 9.17) is 0 Å². The molecular weight excluding hydrogens is 240 g/mol. The number of aromatic nitrogens is 4. The second-order valence-electron chi connectivity index (χ2n) is 4.94. The van der Waals surface area contributed by atoms with Gasteiger partial charge in [-0.25, -0.2) is 4.68 Å². The number of hydrogen-bond acceptors (Lipinski definition) is 5. The summed E-state index contributed by atoms with van der Waals surface area (Å²) in [7, 11) is 0. The number of aryl methyl sites for hydroxylation is 1. The van der Waals surface area contributed by atoms with Gasteiger partial charge in [0.15, 0.2) is 0 Å². The number of tetrazole rings is 1. The molecule has 0 radical (unpaired) electrons. The van der Waals surface area contributed by atoms with Crippen LogP contribution >= 0.6 is 0 Å². The van der Waals surface area contributed by atoms with Gasteiger partial charge in [0.1, 0.15) is 6.33 Å². The number of nitrogens with zero attached hydrogens (tertiary/aromatic N) is 4. The minimum atomic E-state index is 0.498. The topological polar surface area (TPSA) is 67.7 Å². The molecule has 1 aliphatic rings. The molecule has 2 heterocycles. The van der Waals surface area contributed by atoms with Crippen molar-refractivity contribution in [2.75, 3.05) is 18.4 Å². The fourth-order valence-electron chi connectivity index (χ4n) is 2.43. The van der Waals surface area contributed by atoms with Crippen molar-refractivity contribution in [1.82, 2.24) is 25.5 Å². The van der Waals surface area contributed by atoms with E-state index in [1.807, 2.05) is 0 Å². The highest BCUT2D eigenvalue weighted by atomic mass is 15.5. The highest BCUT2D eigenvalue weighted by Crippen LogP contribution is 2.20. The summed E-state index contributed by atoms with van der Waals surface area (Å²) in [4.78, 5) is 0. The minimum absolute atomic E-state index is 0.498. The van der Waals surface area contributed by atoms with E-state index in [2.05, 4.69) is 51.3 Å². The number of benzene rings is 1. The van der Waals surface area contributed by atoms with Crippen LogP contribution in [0.3, 0.4) is 0 Å². The van der Waals surface area contributed by atoms with Crippen LogP contribution in [-0.2, 0) is 0 Å². The summed E-state index contributed by atoms with van der Waals surface area (Å²) in [5.74, 6) is 0. The third-order valence-corrected chi connectivity index (χ3v) is 3.47. The molecule has 0 spiro atoms. The SMILES string of the molecule is Cc1ccc(NC2CCCNC2)cc1-n1cnnn1. The predicted molar refractivity (Wildman–Crippen MR) is 73.4 cm³/mol. The zero-order valence-electron chi connectivity index (χ0n) is 11.0. The zero-order valence-corrected chi connectivity index (χ0v) is 11.0.